The highest BCUT2D eigenvalue weighted by Crippen LogP contribution is 2.19. The average Bonchev–Trinajstić information content (AvgIpc) is 2.83. The van der Waals surface area contributed by atoms with Crippen LogP contribution in [-0.2, 0) is 0 Å². The highest BCUT2D eigenvalue weighted by molar-refractivity contribution is 5.74. The Morgan fingerprint density at radius 1 is 1.12 bits per heavy atom. The van der Waals surface area contributed by atoms with Gasteiger partial charge in [-0.25, -0.2) is 0 Å². The quantitative estimate of drug-likeness (QED) is 0.620. The highest BCUT2D eigenvalue weighted by Gasteiger charge is 2.06. The molecule has 0 aliphatic heterocycles. The molecule has 3 rings (SSSR count). The molecule has 2 heterocycles. The van der Waals surface area contributed by atoms with Crippen LogP contribution in [0.25, 0.3) is 17.1 Å². The molecule has 3 nitrogen and oxygen atoms in total. The number of aromatic nitrogens is 2. The number of hydrogen-bond donors (Lipinski definition) is 0. The predicted molar refractivity (Wildman–Crippen MR) is 62.8 cm³/mol. The van der Waals surface area contributed by atoms with Crippen molar-refractivity contribution in [1.29, 1.82) is 0 Å². The van der Waals surface area contributed by atoms with Gasteiger partial charge in [-0.05, 0) is 43.2 Å². The van der Waals surface area contributed by atoms with E-state index >= 15 is 0 Å². The molecular weight excluding hydrogens is 200 g/mol. The lowest BCUT2D eigenvalue weighted by molar-refractivity contribution is 0.564. The van der Waals surface area contributed by atoms with Crippen molar-refractivity contribution in [2.75, 3.05) is 0 Å². The standard InChI is InChI=1S/C13H12N2O/c1-9-3-4-11-12(7-9)16-13(14-11)15-6-5-10(2)8-15/h3-8H,1-2H3. The molecular formula is C13H12N2O. The van der Waals surface area contributed by atoms with Gasteiger partial charge in [0.2, 0.25) is 0 Å². The Bertz CT molecular complexity index is 649. The zero-order valence-electron chi connectivity index (χ0n) is 9.27. The van der Waals surface area contributed by atoms with Crippen LogP contribution in [0.1, 0.15) is 11.1 Å². The lowest BCUT2D eigenvalue weighted by Crippen LogP contribution is -1.88. The zero-order valence-corrected chi connectivity index (χ0v) is 9.27. The number of hydrogen-bond acceptors (Lipinski definition) is 2. The first-order valence-corrected chi connectivity index (χ1v) is 5.24. The first-order valence-electron chi connectivity index (χ1n) is 5.24. The van der Waals surface area contributed by atoms with Crippen molar-refractivity contribution >= 4 is 11.1 Å². The second kappa shape index (κ2) is 3.23. The van der Waals surface area contributed by atoms with Gasteiger partial charge in [-0.3, -0.25) is 4.57 Å². The summed E-state index contributed by atoms with van der Waals surface area (Å²) in [6.45, 7) is 4.09. The van der Waals surface area contributed by atoms with E-state index in [1.807, 2.05) is 55.1 Å². The maximum atomic E-state index is 5.70. The van der Waals surface area contributed by atoms with Crippen LogP contribution in [0, 0.1) is 13.8 Å². The van der Waals surface area contributed by atoms with Crippen LogP contribution in [0.2, 0.25) is 0 Å². The summed E-state index contributed by atoms with van der Waals surface area (Å²) in [6.07, 6.45) is 3.95. The minimum Gasteiger partial charge on any atom is -0.423 e. The van der Waals surface area contributed by atoms with E-state index < -0.39 is 0 Å². The normalized spacial score (nSPS) is 11.1. The first kappa shape index (κ1) is 9.21. The fourth-order valence-corrected chi connectivity index (χ4v) is 1.75. The number of aryl methyl sites for hydroxylation is 2. The van der Waals surface area contributed by atoms with Crippen molar-refractivity contribution in [3.63, 3.8) is 0 Å². The van der Waals surface area contributed by atoms with Crippen molar-refractivity contribution in [3.8, 4) is 6.01 Å². The van der Waals surface area contributed by atoms with Gasteiger partial charge in [-0.15, -0.1) is 0 Å². The maximum Gasteiger partial charge on any atom is 0.306 e. The Labute approximate surface area is 93.3 Å². The summed E-state index contributed by atoms with van der Waals surface area (Å²) in [7, 11) is 0. The van der Waals surface area contributed by atoms with Crippen LogP contribution in [0.15, 0.2) is 41.1 Å². The maximum absolute atomic E-state index is 5.70. The van der Waals surface area contributed by atoms with Crippen LogP contribution in [0.5, 0.6) is 0 Å². The van der Waals surface area contributed by atoms with Gasteiger partial charge in [0.1, 0.15) is 5.52 Å². The lowest BCUT2D eigenvalue weighted by atomic mass is 10.2. The minimum absolute atomic E-state index is 0.619. The largest absolute Gasteiger partial charge is 0.423 e. The fraction of sp³-hybridized carbons (Fsp3) is 0.154. The van der Waals surface area contributed by atoms with E-state index in [1.54, 1.807) is 0 Å². The Balaban J connectivity index is 2.18. The molecule has 0 spiro atoms. The topological polar surface area (TPSA) is 31.0 Å². The van der Waals surface area contributed by atoms with Crippen LogP contribution < -0.4 is 0 Å². The van der Waals surface area contributed by atoms with Crippen LogP contribution in [-0.4, -0.2) is 9.55 Å². The Hall–Kier alpha value is -2.03. The van der Waals surface area contributed by atoms with Crippen molar-refractivity contribution < 1.29 is 4.42 Å². The average molecular weight is 212 g/mol. The molecule has 0 amide bonds. The van der Waals surface area contributed by atoms with E-state index in [0.717, 1.165) is 11.1 Å². The van der Waals surface area contributed by atoms with Crippen molar-refractivity contribution in [2.45, 2.75) is 13.8 Å². The molecule has 0 aliphatic carbocycles. The molecule has 3 heteroatoms. The van der Waals surface area contributed by atoms with Gasteiger partial charge >= 0.3 is 6.01 Å². The van der Waals surface area contributed by atoms with Gasteiger partial charge in [0.25, 0.3) is 0 Å². The van der Waals surface area contributed by atoms with Gasteiger partial charge < -0.3 is 4.42 Å². The van der Waals surface area contributed by atoms with E-state index in [2.05, 4.69) is 4.98 Å². The third-order valence-corrected chi connectivity index (χ3v) is 2.59. The van der Waals surface area contributed by atoms with Crippen molar-refractivity contribution in [3.05, 3.63) is 47.8 Å². The molecule has 0 radical (unpaired) electrons. The van der Waals surface area contributed by atoms with E-state index in [9.17, 15) is 0 Å². The van der Waals surface area contributed by atoms with E-state index in [-0.39, 0.29) is 0 Å². The summed E-state index contributed by atoms with van der Waals surface area (Å²) in [5, 5.41) is 0. The van der Waals surface area contributed by atoms with Crippen molar-refractivity contribution in [1.82, 2.24) is 9.55 Å². The molecule has 0 unspecified atom stereocenters. The number of rotatable bonds is 1. The summed E-state index contributed by atoms with van der Waals surface area (Å²) in [6, 6.07) is 8.67. The predicted octanol–water partition coefficient (Wildman–Crippen LogP) is 3.24. The third-order valence-electron chi connectivity index (χ3n) is 2.59. The second-order valence-electron chi connectivity index (χ2n) is 4.06. The summed E-state index contributed by atoms with van der Waals surface area (Å²) in [4.78, 5) is 4.43. The number of fused-ring (bicyclic) bond motifs is 1. The fourth-order valence-electron chi connectivity index (χ4n) is 1.75. The smallest absolute Gasteiger partial charge is 0.306 e. The Kier molecular flexibility index (Phi) is 1.86. The minimum atomic E-state index is 0.619. The van der Waals surface area contributed by atoms with E-state index in [1.165, 1.54) is 11.1 Å². The summed E-state index contributed by atoms with van der Waals surface area (Å²) >= 11 is 0. The Morgan fingerprint density at radius 2 is 2.00 bits per heavy atom. The number of oxazole rings is 1. The molecule has 0 fully saturated rings. The van der Waals surface area contributed by atoms with E-state index in [0.29, 0.717) is 6.01 Å². The molecule has 2 aromatic heterocycles. The van der Waals surface area contributed by atoms with Crippen LogP contribution in [0.4, 0.5) is 0 Å². The van der Waals surface area contributed by atoms with Crippen LogP contribution >= 0.6 is 0 Å². The molecule has 0 aliphatic rings. The third kappa shape index (κ3) is 1.41. The van der Waals surface area contributed by atoms with E-state index in [4.69, 9.17) is 4.42 Å². The van der Waals surface area contributed by atoms with Gasteiger partial charge in [0.05, 0.1) is 0 Å². The molecule has 3 aromatic rings. The first-order chi connectivity index (χ1) is 7.72. The molecule has 0 saturated heterocycles. The number of benzene rings is 1. The monoisotopic (exact) mass is 212 g/mol. The zero-order chi connectivity index (χ0) is 11.1. The van der Waals surface area contributed by atoms with Crippen molar-refractivity contribution in [2.24, 2.45) is 0 Å². The van der Waals surface area contributed by atoms with Gasteiger partial charge in [0, 0.05) is 12.4 Å². The molecule has 16 heavy (non-hydrogen) atoms. The van der Waals surface area contributed by atoms with Gasteiger partial charge in [-0.1, -0.05) is 6.07 Å². The molecule has 1 aromatic carbocycles. The molecule has 0 N–H and O–H groups in total. The summed E-state index contributed by atoms with van der Waals surface area (Å²) < 4.78 is 7.59. The highest BCUT2D eigenvalue weighted by atomic mass is 16.4. The molecule has 80 valence electrons. The summed E-state index contributed by atoms with van der Waals surface area (Å²) in [5.74, 6) is 0. The van der Waals surface area contributed by atoms with Gasteiger partial charge in [-0.2, -0.15) is 4.98 Å². The second-order valence-corrected chi connectivity index (χ2v) is 4.06. The SMILES string of the molecule is Cc1ccc2nc(-n3ccc(C)c3)oc2c1. The molecule has 0 atom stereocenters. The number of nitrogens with zero attached hydrogens (tertiary/aromatic N) is 2. The Morgan fingerprint density at radius 3 is 2.75 bits per heavy atom. The van der Waals surface area contributed by atoms with Gasteiger partial charge in [0.15, 0.2) is 5.58 Å². The summed E-state index contributed by atoms with van der Waals surface area (Å²) in [5.41, 5.74) is 4.10. The van der Waals surface area contributed by atoms with Crippen LogP contribution in [0.3, 0.4) is 0 Å². The molecule has 0 bridgehead atoms. The lowest BCUT2D eigenvalue weighted by Gasteiger charge is -1.92. The molecule has 0 saturated carbocycles.